The van der Waals surface area contributed by atoms with E-state index in [-0.39, 0.29) is 6.61 Å². The van der Waals surface area contributed by atoms with Crippen LogP contribution in [0.3, 0.4) is 0 Å². The van der Waals surface area contributed by atoms with Crippen LogP contribution >= 0.6 is 0 Å². The van der Waals surface area contributed by atoms with Crippen molar-refractivity contribution < 1.29 is 14.9 Å². The summed E-state index contributed by atoms with van der Waals surface area (Å²) in [6.45, 7) is 5.25. The van der Waals surface area contributed by atoms with Crippen LogP contribution in [0.1, 0.15) is 6.92 Å². The molecule has 0 amide bonds. The van der Waals surface area contributed by atoms with E-state index in [1.54, 1.807) is 6.92 Å². The van der Waals surface area contributed by atoms with E-state index in [1.807, 2.05) is 0 Å². The maximum atomic E-state index is 8.59. The normalized spacial score (nSPS) is 13.2. The quantitative estimate of drug-likeness (QED) is 0.414. The van der Waals surface area contributed by atoms with Gasteiger partial charge < -0.3 is 14.9 Å². The number of aliphatic hydroxyl groups is 2. The predicted molar refractivity (Wildman–Crippen MR) is 33.9 cm³/mol. The second-order valence-corrected chi connectivity index (χ2v) is 1.91. The Morgan fingerprint density at radius 2 is 2.33 bits per heavy atom. The molecule has 3 heteroatoms. The molecule has 0 bridgehead atoms. The van der Waals surface area contributed by atoms with Crippen molar-refractivity contribution in [1.29, 1.82) is 0 Å². The maximum Gasteiger partial charge on any atom is 0.178 e. The molecule has 0 aliphatic heterocycles. The van der Waals surface area contributed by atoms with Gasteiger partial charge in [-0.1, -0.05) is 12.2 Å². The zero-order valence-corrected chi connectivity index (χ0v) is 5.50. The molecule has 0 heterocycles. The number of ether oxygens (including phenoxy) is 1. The molecule has 0 aromatic heterocycles. The average Bonchev–Trinajstić information content (AvgIpc) is 1.83. The second-order valence-electron chi connectivity index (χ2n) is 1.91. The second kappa shape index (κ2) is 4.49. The van der Waals surface area contributed by atoms with Gasteiger partial charge in [0.1, 0.15) is 0 Å². The Bertz CT molecular complexity index is 90.3. The summed E-state index contributed by atoms with van der Waals surface area (Å²) in [5.41, 5.74) is 0.822. The van der Waals surface area contributed by atoms with Crippen molar-refractivity contribution in [2.75, 3.05) is 13.2 Å². The lowest BCUT2D eigenvalue weighted by atomic mass is 10.4. The molecule has 2 N–H and O–H groups in total. The van der Waals surface area contributed by atoms with Crippen LogP contribution in [0.4, 0.5) is 0 Å². The van der Waals surface area contributed by atoms with E-state index in [4.69, 9.17) is 10.2 Å². The largest absolute Gasteiger partial charge is 0.391 e. The van der Waals surface area contributed by atoms with E-state index in [0.717, 1.165) is 5.57 Å². The molecule has 0 aromatic rings. The first-order chi connectivity index (χ1) is 4.16. The summed E-state index contributed by atoms with van der Waals surface area (Å²) >= 11 is 0. The topological polar surface area (TPSA) is 49.7 Å². The van der Waals surface area contributed by atoms with Crippen molar-refractivity contribution in [3.63, 3.8) is 0 Å². The van der Waals surface area contributed by atoms with E-state index >= 15 is 0 Å². The standard InChI is InChI=1S/C6H12O3/c1-5(2)4-9-6(8)3-7/h6-8H,1,3-4H2,2H3. The molecule has 0 aliphatic rings. The van der Waals surface area contributed by atoms with Crippen LogP contribution in [0.5, 0.6) is 0 Å². The monoisotopic (exact) mass is 132 g/mol. The van der Waals surface area contributed by atoms with Gasteiger partial charge in [0.15, 0.2) is 6.29 Å². The molecule has 0 radical (unpaired) electrons. The lowest BCUT2D eigenvalue weighted by molar-refractivity contribution is -0.117. The first kappa shape index (κ1) is 8.62. The van der Waals surface area contributed by atoms with Crippen molar-refractivity contribution in [1.82, 2.24) is 0 Å². The Morgan fingerprint density at radius 1 is 1.78 bits per heavy atom. The molecule has 54 valence electrons. The van der Waals surface area contributed by atoms with Gasteiger partial charge in [0.25, 0.3) is 0 Å². The van der Waals surface area contributed by atoms with Gasteiger partial charge in [-0.15, -0.1) is 0 Å². The fourth-order valence-electron chi connectivity index (χ4n) is 0.291. The smallest absolute Gasteiger partial charge is 0.178 e. The van der Waals surface area contributed by atoms with Gasteiger partial charge in [-0.05, 0) is 6.92 Å². The fourth-order valence-corrected chi connectivity index (χ4v) is 0.291. The summed E-state index contributed by atoms with van der Waals surface area (Å²) < 4.78 is 4.66. The van der Waals surface area contributed by atoms with E-state index in [9.17, 15) is 0 Å². The summed E-state index contributed by atoms with van der Waals surface area (Å²) in [5.74, 6) is 0. The minimum atomic E-state index is -1.07. The Hall–Kier alpha value is -0.380. The van der Waals surface area contributed by atoms with Crippen LogP contribution in [0.25, 0.3) is 0 Å². The van der Waals surface area contributed by atoms with E-state index < -0.39 is 6.29 Å². The molecule has 0 saturated heterocycles. The molecule has 1 atom stereocenters. The Kier molecular flexibility index (Phi) is 4.30. The Morgan fingerprint density at radius 3 is 2.67 bits per heavy atom. The third kappa shape index (κ3) is 5.49. The molecule has 0 aliphatic carbocycles. The summed E-state index contributed by atoms with van der Waals surface area (Å²) in [7, 11) is 0. The minimum Gasteiger partial charge on any atom is -0.391 e. The SMILES string of the molecule is C=C(C)COC(O)CO. The predicted octanol–water partition coefficient (Wildman–Crippen LogP) is -0.110. The zero-order valence-electron chi connectivity index (χ0n) is 5.50. The van der Waals surface area contributed by atoms with Crippen molar-refractivity contribution >= 4 is 0 Å². The zero-order chi connectivity index (χ0) is 7.28. The van der Waals surface area contributed by atoms with E-state index in [1.165, 1.54) is 0 Å². The van der Waals surface area contributed by atoms with Gasteiger partial charge in [-0.25, -0.2) is 0 Å². The Balaban J connectivity index is 3.16. The third-order valence-electron chi connectivity index (χ3n) is 0.678. The van der Waals surface area contributed by atoms with Crippen LogP contribution in [0.15, 0.2) is 12.2 Å². The summed E-state index contributed by atoms with van der Waals surface area (Å²) in [5, 5.41) is 16.8. The molecule has 0 fully saturated rings. The maximum absolute atomic E-state index is 8.59. The summed E-state index contributed by atoms with van der Waals surface area (Å²) in [6.07, 6.45) is -1.07. The lowest BCUT2D eigenvalue weighted by Crippen LogP contribution is -2.17. The molecule has 0 aromatic carbocycles. The van der Waals surface area contributed by atoms with Gasteiger partial charge in [-0.2, -0.15) is 0 Å². The first-order valence-electron chi connectivity index (χ1n) is 2.71. The highest BCUT2D eigenvalue weighted by Crippen LogP contribution is 1.91. The van der Waals surface area contributed by atoms with Crippen molar-refractivity contribution in [3.8, 4) is 0 Å². The van der Waals surface area contributed by atoms with Crippen molar-refractivity contribution in [2.45, 2.75) is 13.2 Å². The average molecular weight is 132 g/mol. The molecule has 0 spiro atoms. The van der Waals surface area contributed by atoms with E-state index in [2.05, 4.69) is 11.3 Å². The third-order valence-corrected chi connectivity index (χ3v) is 0.678. The van der Waals surface area contributed by atoms with Crippen LogP contribution in [-0.2, 0) is 4.74 Å². The van der Waals surface area contributed by atoms with Gasteiger partial charge in [0, 0.05) is 0 Å². The lowest BCUT2D eigenvalue weighted by Gasteiger charge is -2.07. The molecule has 0 rings (SSSR count). The highest BCUT2D eigenvalue weighted by molar-refractivity contribution is 4.87. The highest BCUT2D eigenvalue weighted by atomic mass is 16.6. The number of hydrogen-bond acceptors (Lipinski definition) is 3. The molecular formula is C6H12O3. The highest BCUT2D eigenvalue weighted by Gasteiger charge is 1.98. The van der Waals surface area contributed by atoms with Gasteiger partial charge in [0.2, 0.25) is 0 Å². The van der Waals surface area contributed by atoms with Crippen LogP contribution in [0, 0.1) is 0 Å². The van der Waals surface area contributed by atoms with Gasteiger partial charge in [0.05, 0.1) is 13.2 Å². The van der Waals surface area contributed by atoms with E-state index in [0.29, 0.717) is 6.61 Å². The van der Waals surface area contributed by atoms with Crippen LogP contribution in [-0.4, -0.2) is 29.7 Å². The molecule has 0 saturated carbocycles. The number of rotatable bonds is 4. The number of aliphatic hydroxyl groups excluding tert-OH is 2. The summed E-state index contributed by atoms with van der Waals surface area (Å²) in [4.78, 5) is 0. The Labute approximate surface area is 54.6 Å². The van der Waals surface area contributed by atoms with Crippen LogP contribution < -0.4 is 0 Å². The molecular weight excluding hydrogens is 120 g/mol. The minimum absolute atomic E-state index is 0.293. The van der Waals surface area contributed by atoms with Crippen molar-refractivity contribution in [3.05, 3.63) is 12.2 Å². The summed E-state index contributed by atoms with van der Waals surface area (Å²) in [6, 6.07) is 0. The van der Waals surface area contributed by atoms with Gasteiger partial charge in [-0.3, -0.25) is 0 Å². The fraction of sp³-hybridized carbons (Fsp3) is 0.667. The van der Waals surface area contributed by atoms with Crippen LogP contribution in [0.2, 0.25) is 0 Å². The van der Waals surface area contributed by atoms with Gasteiger partial charge >= 0.3 is 0 Å². The molecule has 1 unspecified atom stereocenters. The number of hydrogen-bond donors (Lipinski definition) is 2. The molecule has 9 heavy (non-hydrogen) atoms. The first-order valence-corrected chi connectivity index (χ1v) is 2.71. The van der Waals surface area contributed by atoms with Crippen molar-refractivity contribution in [2.24, 2.45) is 0 Å². The molecule has 3 nitrogen and oxygen atoms in total.